The molecule has 2 rings (SSSR count). The van der Waals surface area contributed by atoms with Crippen molar-refractivity contribution in [3.8, 4) is 0 Å². The molecule has 0 aliphatic heterocycles. The summed E-state index contributed by atoms with van der Waals surface area (Å²) in [6, 6.07) is 1.56. The molecule has 0 bridgehead atoms. The van der Waals surface area contributed by atoms with Gasteiger partial charge in [0.15, 0.2) is 0 Å². The van der Waals surface area contributed by atoms with Crippen LogP contribution in [-0.4, -0.2) is 23.5 Å². The van der Waals surface area contributed by atoms with E-state index in [0.29, 0.717) is 6.04 Å². The molecule has 0 amide bonds. The molecule has 0 heterocycles. The maximum Gasteiger partial charge on any atom is 0.0107 e. The van der Waals surface area contributed by atoms with E-state index in [1.165, 1.54) is 45.1 Å². The predicted molar refractivity (Wildman–Crippen MR) is 70.6 cm³/mol. The summed E-state index contributed by atoms with van der Waals surface area (Å²) in [7, 11) is 0. The van der Waals surface area contributed by atoms with Crippen LogP contribution in [0.4, 0.5) is 0 Å². The summed E-state index contributed by atoms with van der Waals surface area (Å²) in [5.74, 6) is 0.931. The van der Waals surface area contributed by atoms with Gasteiger partial charge in [0.2, 0.25) is 0 Å². The molecular formula is C15H27N. The van der Waals surface area contributed by atoms with E-state index >= 15 is 0 Å². The van der Waals surface area contributed by atoms with Crippen LogP contribution in [0.15, 0.2) is 11.6 Å². The van der Waals surface area contributed by atoms with E-state index in [9.17, 15) is 0 Å². The molecule has 1 saturated carbocycles. The van der Waals surface area contributed by atoms with Crippen molar-refractivity contribution in [2.75, 3.05) is 6.54 Å². The maximum atomic E-state index is 2.70. The zero-order valence-corrected chi connectivity index (χ0v) is 11.2. The van der Waals surface area contributed by atoms with E-state index < -0.39 is 0 Å². The molecule has 0 spiro atoms. The molecular weight excluding hydrogens is 194 g/mol. The minimum Gasteiger partial charge on any atom is -0.298 e. The molecule has 1 nitrogen and oxygen atoms in total. The third kappa shape index (κ3) is 2.51. The Balaban J connectivity index is 1.99. The number of fused-ring (bicyclic) bond motifs is 1. The predicted octanol–water partition coefficient (Wildman–Crippen LogP) is 4.00. The van der Waals surface area contributed by atoms with Gasteiger partial charge in [0.05, 0.1) is 0 Å². The van der Waals surface area contributed by atoms with E-state index in [1.807, 2.05) is 0 Å². The van der Waals surface area contributed by atoms with E-state index in [0.717, 1.165) is 12.0 Å². The van der Waals surface area contributed by atoms with Crippen LogP contribution in [0.2, 0.25) is 0 Å². The Labute approximate surface area is 101 Å². The fourth-order valence-corrected chi connectivity index (χ4v) is 3.70. The van der Waals surface area contributed by atoms with Crippen molar-refractivity contribution in [3.05, 3.63) is 11.6 Å². The lowest BCUT2D eigenvalue weighted by Gasteiger charge is -2.41. The average Bonchev–Trinajstić information content (AvgIpc) is 2.29. The third-order valence-corrected chi connectivity index (χ3v) is 4.51. The molecule has 0 aromatic heterocycles. The average molecular weight is 221 g/mol. The van der Waals surface area contributed by atoms with Gasteiger partial charge in [-0.05, 0) is 64.8 Å². The summed E-state index contributed by atoms with van der Waals surface area (Å²) < 4.78 is 0. The van der Waals surface area contributed by atoms with E-state index in [1.54, 1.807) is 5.57 Å². The molecule has 16 heavy (non-hydrogen) atoms. The van der Waals surface area contributed by atoms with Crippen LogP contribution in [0.3, 0.4) is 0 Å². The van der Waals surface area contributed by atoms with Crippen LogP contribution >= 0.6 is 0 Å². The fraction of sp³-hybridized carbons (Fsp3) is 0.867. The first-order chi connectivity index (χ1) is 7.72. The van der Waals surface area contributed by atoms with Crippen molar-refractivity contribution in [2.24, 2.45) is 5.92 Å². The molecule has 0 N–H and O–H groups in total. The first-order valence-corrected chi connectivity index (χ1v) is 7.17. The van der Waals surface area contributed by atoms with Gasteiger partial charge in [-0.3, -0.25) is 4.90 Å². The maximum absolute atomic E-state index is 2.70. The Morgan fingerprint density at radius 1 is 1.38 bits per heavy atom. The first kappa shape index (κ1) is 12.2. The second-order valence-electron chi connectivity index (χ2n) is 5.76. The van der Waals surface area contributed by atoms with Crippen molar-refractivity contribution in [1.82, 2.24) is 4.90 Å². The highest BCUT2D eigenvalue weighted by atomic mass is 15.2. The van der Waals surface area contributed by atoms with Crippen molar-refractivity contribution in [1.29, 1.82) is 0 Å². The van der Waals surface area contributed by atoms with Gasteiger partial charge in [0.25, 0.3) is 0 Å². The Morgan fingerprint density at radius 2 is 2.19 bits per heavy atom. The van der Waals surface area contributed by atoms with Gasteiger partial charge < -0.3 is 0 Å². The summed E-state index contributed by atoms with van der Waals surface area (Å²) in [6.07, 6.45) is 11.0. The largest absolute Gasteiger partial charge is 0.298 e. The third-order valence-electron chi connectivity index (χ3n) is 4.51. The first-order valence-electron chi connectivity index (χ1n) is 7.17. The summed E-state index contributed by atoms with van der Waals surface area (Å²) in [5, 5.41) is 0. The molecule has 1 fully saturated rings. The molecule has 0 aromatic carbocycles. The standard InChI is InChI=1S/C15H27N/c1-4-16(12(2)3)15-10-9-13-7-5-6-8-14(13)11-15/h7,12,14-15H,4-6,8-11H2,1-3H3. The van der Waals surface area contributed by atoms with Crippen molar-refractivity contribution < 1.29 is 0 Å². The highest BCUT2D eigenvalue weighted by molar-refractivity contribution is 5.13. The van der Waals surface area contributed by atoms with Crippen molar-refractivity contribution in [3.63, 3.8) is 0 Å². The molecule has 0 radical (unpaired) electrons. The van der Waals surface area contributed by atoms with Crippen LogP contribution < -0.4 is 0 Å². The Morgan fingerprint density at radius 3 is 2.88 bits per heavy atom. The Hall–Kier alpha value is -0.300. The summed E-state index contributed by atoms with van der Waals surface area (Å²) >= 11 is 0. The van der Waals surface area contributed by atoms with E-state index in [-0.39, 0.29) is 0 Å². The van der Waals surface area contributed by atoms with Gasteiger partial charge in [-0.15, -0.1) is 0 Å². The minimum atomic E-state index is 0.712. The van der Waals surface area contributed by atoms with Gasteiger partial charge >= 0.3 is 0 Å². The number of rotatable bonds is 3. The number of allylic oxidation sites excluding steroid dienone is 2. The fourth-order valence-electron chi connectivity index (χ4n) is 3.70. The number of hydrogen-bond acceptors (Lipinski definition) is 1. The molecule has 2 aliphatic rings. The summed E-state index contributed by atoms with van der Waals surface area (Å²) in [6.45, 7) is 8.21. The van der Waals surface area contributed by atoms with Crippen molar-refractivity contribution >= 4 is 0 Å². The van der Waals surface area contributed by atoms with Gasteiger partial charge in [-0.25, -0.2) is 0 Å². The zero-order valence-electron chi connectivity index (χ0n) is 11.2. The monoisotopic (exact) mass is 221 g/mol. The van der Waals surface area contributed by atoms with Crippen molar-refractivity contribution in [2.45, 2.75) is 71.4 Å². The quantitative estimate of drug-likeness (QED) is 0.651. The van der Waals surface area contributed by atoms with Crippen LogP contribution in [0.1, 0.15) is 59.3 Å². The SMILES string of the molecule is CCN(C(C)C)C1CCC2=CCCCC2C1. The molecule has 2 atom stereocenters. The van der Waals surface area contributed by atoms with Gasteiger partial charge in [-0.1, -0.05) is 18.6 Å². The molecule has 1 heteroatoms. The van der Waals surface area contributed by atoms with Gasteiger partial charge in [0.1, 0.15) is 0 Å². The Bertz CT molecular complexity index is 254. The molecule has 2 aliphatic carbocycles. The lowest BCUT2D eigenvalue weighted by atomic mass is 9.75. The second-order valence-corrected chi connectivity index (χ2v) is 5.76. The summed E-state index contributed by atoms with van der Waals surface area (Å²) in [5.41, 5.74) is 1.79. The highest BCUT2D eigenvalue weighted by Gasteiger charge is 2.30. The van der Waals surface area contributed by atoms with E-state index in [2.05, 4.69) is 31.7 Å². The Kier molecular flexibility index (Phi) is 4.07. The number of nitrogens with zero attached hydrogens (tertiary/aromatic N) is 1. The normalized spacial score (nSPS) is 30.4. The molecule has 92 valence electrons. The zero-order chi connectivity index (χ0) is 11.5. The van der Waals surface area contributed by atoms with Gasteiger partial charge in [-0.2, -0.15) is 0 Å². The molecule has 0 aromatic rings. The highest BCUT2D eigenvalue weighted by Crippen LogP contribution is 2.38. The minimum absolute atomic E-state index is 0.712. The molecule has 2 unspecified atom stereocenters. The lowest BCUT2D eigenvalue weighted by molar-refractivity contribution is 0.118. The second kappa shape index (κ2) is 5.35. The smallest absolute Gasteiger partial charge is 0.0107 e. The van der Waals surface area contributed by atoms with Crippen LogP contribution in [0, 0.1) is 5.92 Å². The van der Waals surface area contributed by atoms with Crippen LogP contribution in [0.5, 0.6) is 0 Å². The summed E-state index contributed by atoms with van der Waals surface area (Å²) in [4.78, 5) is 2.70. The van der Waals surface area contributed by atoms with Crippen LogP contribution in [-0.2, 0) is 0 Å². The van der Waals surface area contributed by atoms with Crippen LogP contribution in [0.25, 0.3) is 0 Å². The lowest BCUT2D eigenvalue weighted by Crippen LogP contribution is -2.43. The van der Waals surface area contributed by atoms with E-state index in [4.69, 9.17) is 0 Å². The topological polar surface area (TPSA) is 3.24 Å². The molecule has 0 saturated heterocycles. The number of hydrogen-bond donors (Lipinski definition) is 0. The van der Waals surface area contributed by atoms with Gasteiger partial charge in [0, 0.05) is 12.1 Å².